The molecule has 6 heteroatoms. The number of ether oxygens (including phenoxy) is 1. The molecule has 1 rings (SSSR count). The highest BCUT2D eigenvalue weighted by atomic mass is 32.2. The van der Waals surface area contributed by atoms with E-state index in [9.17, 15) is 4.79 Å². The highest BCUT2D eigenvalue weighted by Gasteiger charge is 2.10. The highest BCUT2D eigenvalue weighted by molar-refractivity contribution is 7.98. The van der Waals surface area contributed by atoms with Crippen LogP contribution in [0.3, 0.4) is 0 Å². The van der Waals surface area contributed by atoms with Gasteiger partial charge < -0.3 is 9.26 Å². The molecular weight excluding hydrogens is 228 g/mol. The smallest absolute Gasteiger partial charge is 0.234 e. The van der Waals surface area contributed by atoms with Crippen LogP contribution in [0.5, 0.6) is 0 Å². The van der Waals surface area contributed by atoms with Crippen LogP contribution in [-0.2, 0) is 21.7 Å². The maximum Gasteiger partial charge on any atom is 0.234 e. The van der Waals surface area contributed by atoms with Crippen molar-refractivity contribution in [1.29, 1.82) is 0 Å². The van der Waals surface area contributed by atoms with E-state index in [0.717, 1.165) is 17.9 Å². The van der Waals surface area contributed by atoms with Crippen molar-refractivity contribution in [2.24, 2.45) is 0 Å². The molecule has 5 nitrogen and oxygen atoms in total. The van der Waals surface area contributed by atoms with Gasteiger partial charge in [-0.25, -0.2) is 0 Å². The molecule has 90 valence electrons. The number of methoxy groups -OCH3 is 1. The van der Waals surface area contributed by atoms with Crippen molar-refractivity contribution < 1.29 is 14.1 Å². The molecule has 0 saturated heterocycles. The Labute approximate surface area is 98.9 Å². The summed E-state index contributed by atoms with van der Waals surface area (Å²) < 4.78 is 9.68. The molecular formula is C10H16N2O3S. The summed E-state index contributed by atoms with van der Waals surface area (Å²) in [5.74, 6) is 2.77. The van der Waals surface area contributed by atoms with Gasteiger partial charge in [0.15, 0.2) is 11.6 Å². The van der Waals surface area contributed by atoms with Crippen molar-refractivity contribution in [3.05, 3.63) is 11.7 Å². The number of nitrogens with zero attached hydrogens (tertiary/aromatic N) is 2. The van der Waals surface area contributed by atoms with Crippen LogP contribution < -0.4 is 0 Å². The lowest BCUT2D eigenvalue weighted by atomic mass is 10.3. The van der Waals surface area contributed by atoms with Gasteiger partial charge in [0.1, 0.15) is 6.61 Å². The summed E-state index contributed by atoms with van der Waals surface area (Å²) >= 11 is 1.75. The molecule has 0 atom stereocenters. The lowest BCUT2D eigenvalue weighted by Crippen LogP contribution is -2.09. The fourth-order valence-corrected chi connectivity index (χ4v) is 1.84. The Morgan fingerprint density at radius 1 is 1.56 bits per heavy atom. The maximum absolute atomic E-state index is 11.2. The molecule has 0 amide bonds. The quantitative estimate of drug-likeness (QED) is 0.645. The second-order valence-electron chi connectivity index (χ2n) is 3.31. The van der Waals surface area contributed by atoms with Gasteiger partial charge in [-0.2, -0.15) is 16.7 Å². The topological polar surface area (TPSA) is 65.2 Å². The van der Waals surface area contributed by atoms with Gasteiger partial charge in [-0.1, -0.05) is 12.1 Å². The van der Waals surface area contributed by atoms with E-state index in [1.54, 1.807) is 11.8 Å². The fraction of sp³-hybridized carbons (Fsp3) is 0.700. The molecule has 0 spiro atoms. The number of carbonyl (C=O) groups is 1. The van der Waals surface area contributed by atoms with Gasteiger partial charge in [-0.05, 0) is 12.2 Å². The zero-order valence-electron chi connectivity index (χ0n) is 9.56. The van der Waals surface area contributed by atoms with Crippen LogP contribution >= 0.6 is 11.8 Å². The molecule has 0 saturated carbocycles. The average molecular weight is 244 g/mol. The molecule has 0 radical (unpaired) electrons. The Morgan fingerprint density at radius 2 is 2.38 bits per heavy atom. The molecule has 0 unspecified atom stereocenters. The van der Waals surface area contributed by atoms with Crippen LogP contribution in [0.15, 0.2) is 4.52 Å². The van der Waals surface area contributed by atoms with Crippen LogP contribution in [0.2, 0.25) is 0 Å². The van der Waals surface area contributed by atoms with Gasteiger partial charge in [-0.3, -0.25) is 4.79 Å². The van der Waals surface area contributed by atoms with E-state index in [-0.39, 0.29) is 18.8 Å². The van der Waals surface area contributed by atoms with Crippen molar-refractivity contribution in [2.45, 2.75) is 25.5 Å². The molecule has 1 aromatic heterocycles. The number of Topliss-reactive ketones (excluding diaryl/α,β-unsaturated/α-hetero) is 1. The summed E-state index contributed by atoms with van der Waals surface area (Å²) in [6, 6.07) is 0. The van der Waals surface area contributed by atoms with Crippen LogP contribution in [0.25, 0.3) is 0 Å². The summed E-state index contributed by atoms with van der Waals surface area (Å²) in [6.07, 6.45) is 1.28. The van der Waals surface area contributed by atoms with Crippen molar-refractivity contribution in [2.75, 3.05) is 19.5 Å². The molecule has 0 aliphatic heterocycles. The lowest BCUT2D eigenvalue weighted by Gasteiger charge is -1.93. The Balaban J connectivity index is 2.36. The molecule has 0 aliphatic carbocycles. The normalized spacial score (nSPS) is 10.6. The van der Waals surface area contributed by atoms with Crippen LogP contribution in [0.4, 0.5) is 0 Å². The molecule has 16 heavy (non-hydrogen) atoms. The van der Waals surface area contributed by atoms with Crippen LogP contribution in [0, 0.1) is 0 Å². The zero-order valence-corrected chi connectivity index (χ0v) is 10.4. The minimum Gasteiger partial charge on any atom is -0.377 e. The van der Waals surface area contributed by atoms with E-state index in [2.05, 4.69) is 17.1 Å². The Morgan fingerprint density at radius 3 is 3.06 bits per heavy atom. The molecule has 1 heterocycles. The van der Waals surface area contributed by atoms with E-state index in [1.165, 1.54) is 7.11 Å². The van der Waals surface area contributed by atoms with Gasteiger partial charge in [0.05, 0.1) is 12.2 Å². The predicted octanol–water partition coefficient (Wildman–Crippen LogP) is 1.47. The monoisotopic (exact) mass is 244 g/mol. The fourth-order valence-electron chi connectivity index (χ4n) is 1.11. The van der Waals surface area contributed by atoms with Crippen molar-refractivity contribution in [3.63, 3.8) is 0 Å². The maximum atomic E-state index is 11.2. The number of hydrogen-bond donors (Lipinski definition) is 0. The second-order valence-corrected chi connectivity index (χ2v) is 4.41. The number of thioether (sulfide) groups is 1. The first-order chi connectivity index (χ1) is 7.76. The summed E-state index contributed by atoms with van der Waals surface area (Å²) in [7, 11) is 1.48. The van der Waals surface area contributed by atoms with Crippen molar-refractivity contribution in [1.82, 2.24) is 10.1 Å². The van der Waals surface area contributed by atoms with Gasteiger partial charge in [0.25, 0.3) is 0 Å². The summed E-state index contributed by atoms with van der Waals surface area (Å²) in [4.78, 5) is 15.4. The second kappa shape index (κ2) is 7.40. The number of aromatic nitrogens is 2. The number of rotatable bonds is 8. The van der Waals surface area contributed by atoms with Crippen molar-refractivity contribution in [3.8, 4) is 0 Å². The SMILES string of the molecule is CCCSCc1noc(CC(=O)COC)n1. The average Bonchev–Trinajstić information content (AvgIpc) is 2.66. The van der Waals surface area contributed by atoms with Crippen molar-refractivity contribution >= 4 is 17.5 Å². The van der Waals surface area contributed by atoms with Gasteiger partial charge in [0, 0.05) is 7.11 Å². The Kier molecular flexibility index (Phi) is 6.10. The van der Waals surface area contributed by atoms with Crippen LogP contribution in [0.1, 0.15) is 25.1 Å². The molecule has 0 aliphatic rings. The van der Waals surface area contributed by atoms with E-state index < -0.39 is 0 Å². The third-order valence-electron chi connectivity index (χ3n) is 1.74. The molecule has 1 aromatic rings. The first kappa shape index (κ1) is 13.2. The first-order valence-corrected chi connectivity index (χ1v) is 6.31. The number of ketones is 1. The third-order valence-corrected chi connectivity index (χ3v) is 2.90. The third kappa shape index (κ3) is 4.76. The summed E-state index contributed by atoms with van der Waals surface area (Å²) in [5, 5.41) is 3.80. The lowest BCUT2D eigenvalue weighted by molar-refractivity contribution is -0.122. The molecule has 0 N–H and O–H groups in total. The van der Waals surface area contributed by atoms with Gasteiger partial charge in [-0.15, -0.1) is 0 Å². The minimum atomic E-state index is -0.0566. The largest absolute Gasteiger partial charge is 0.377 e. The minimum absolute atomic E-state index is 0.0566. The Bertz CT molecular complexity index is 328. The van der Waals surface area contributed by atoms with Gasteiger partial charge in [0.2, 0.25) is 5.89 Å². The van der Waals surface area contributed by atoms with Gasteiger partial charge >= 0.3 is 0 Å². The number of carbonyl (C=O) groups excluding carboxylic acids is 1. The Hall–Kier alpha value is -0.880. The molecule has 0 aromatic carbocycles. The van der Waals surface area contributed by atoms with E-state index in [1.807, 2.05) is 0 Å². The van der Waals surface area contributed by atoms with E-state index >= 15 is 0 Å². The first-order valence-electron chi connectivity index (χ1n) is 5.16. The summed E-state index contributed by atoms with van der Waals surface area (Å²) in [6.45, 7) is 2.21. The predicted molar refractivity (Wildman–Crippen MR) is 61.3 cm³/mol. The highest BCUT2D eigenvalue weighted by Crippen LogP contribution is 2.10. The van der Waals surface area contributed by atoms with E-state index in [0.29, 0.717) is 11.7 Å². The van der Waals surface area contributed by atoms with Crippen LogP contribution in [-0.4, -0.2) is 35.4 Å². The number of hydrogen-bond acceptors (Lipinski definition) is 6. The zero-order chi connectivity index (χ0) is 11.8. The van der Waals surface area contributed by atoms with E-state index in [4.69, 9.17) is 9.26 Å². The molecule has 0 bridgehead atoms. The summed E-state index contributed by atoms with van der Waals surface area (Å²) in [5.41, 5.74) is 0. The standard InChI is InChI=1S/C10H16N2O3S/c1-3-4-16-7-9-11-10(15-12-9)5-8(13)6-14-2/h3-7H2,1-2H3. The molecule has 0 fully saturated rings.